The van der Waals surface area contributed by atoms with Gasteiger partial charge in [-0.3, -0.25) is 4.79 Å². The van der Waals surface area contributed by atoms with Crippen molar-refractivity contribution in [3.05, 3.63) is 47.9 Å². The molecule has 29 heavy (non-hydrogen) atoms. The number of nitrogens with zero attached hydrogens (tertiary/aromatic N) is 3. The van der Waals surface area contributed by atoms with Gasteiger partial charge in [0.1, 0.15) is 17.8 Å². The van der Waals surface area contributed by atoms with Gasteiger partial charge in [0.25, 0.3) is 5.91 Å². The van der Waals surface area contributed by atoms with Crippen molar-refractivity contribution in [2.24, 2.45) is 0 Å². The Morgan fingerprint density at radius 3 is 2.48 bits per heavy atom. The van der Waals surface area contributed by atoms with Crippen LogP contribution in [0.3, 0.4) is 0 Å². The van der Waals surface area contributed by atoms with E-state index in [2.05, 4.69) is 42.1 Å². The molecule has 2 aromatic rings. The van der Waals surface area contributed by atoms with E-state index in [1.54, 1.807) is 6.07 Å². The van der Waals surface area contributed by atoms with E-state index in [1.165, 1.54) is 11.9 Å². The molecule has 4 rings (SSSR count). The Bertz CT molecular complexity index is 878. The Morgan fingerprint density at radius 1 is 1.10 bits per heavy atom. The van der Waals surface area contributed by atoms with E-state index in [0.717, 1.165) is 5.69 Å². The maximum atomic E-state index is 13.0. The molecule has 1 aromatic heterocycles. The molecule has 1 amide bonds. The minimum Gasteiger partial charge on any atom is -0.347 e. The second-order valence-corrected chi connectivity index (χ2v) is 8.61. The van der Waals surface area contributed by atoms with Gasteiger partial charge in [-0.05, 0) is 17.0 Å². The molecule has 0 radical (unpaired) electrons. The van der Waals surface area contributed by atoms with E-state index in [1.807, 2.05) is 23.1 Å². The quantitative estimate of drug-likeness (QED) is 0.856. The van der Waals surface area contributed by atoms with Crippen molar-refractivity contribution in [3.63, 3.8) is 0 Å². The van der Waals surface area contributed by atoms with Gasteiger partial charge in [0, 0.05) is 37.7 Å². The van der Waals surface area contributed by atoms with Gasteiger partial charge in [-0.25, -0.2) is 9.97 Å². The van der Waals surface area contributed by atoms with Gasteiger partial charge < -0.3 is 19.7 Å². The summed E-state index contributed by atoms with van der Waals surface area (Å²) in [7, 11) is 0. The number of benzene rings is 1. The van der Waals surface area contributed by atoms with Gasteiger partial charge >= 0.3 is 0 Å². The lowest BCUT2D eigenvalue weighted by molar-refractivity contribution is -0.181. The Balaban J connectivity index is 1.48. The number of anilines is 2. The standard InChI is InChI=1S/C22H28N4O3/c1-21(2,3)16-6-4-5-7-17(16)25-19-14-18(23-15-24-19)20(27)26-10-8-22(9-11-26)28-12-13-29-22/h4-7,14-15H,8-13H2,1-3H3,(H,23,24,25). The number of aromatic nitrogens is 2. The topological polar surface area (TPSA) is 76.6 Å². The lowest BCUT2D eigenvalue weighted by Crippen LogP contribution is -2.47. The van der Waals surface area contributed by atoms with Crippen LogP contribution in [0, 0.1) is 0 Å². The Labute approximate surface area is 171 Å². The molecule has 2 saturated heterocycles. The molecule has 3 heterocycles. The summed E-state index contributed by atoms with van der Waals surface area (Å²) in [6.07, 6.45) is 2.81. The van der Waals surface area contributed by atoms with E-state index in [0.29, 0.717) is 50.7 Å². The third-order valence-corrected chi connectivity index (χ3v) is 5.51. The first-order valence-corrected chi connectivity index (χ1v) is 10.1. The summed E-state index contributed by atoms with van der Waals surface area (Å²) in [6.45, 7) is 8.96. The normalized spacial score (nSPS) is 18.8. The maximum absolute atomic E-state index is 13.0. The lowest BCUT2D eigenvalue weighted by atomic mass is 9.86. The zero-order valence-corrected chi connectivity index (χ0v) is 17.3. The summed E-state index contributed by atoms with van der Waals surface area (Å²) in [4.78, 5) is 23.3. The fraction of sp³-hybridized carbons (Fsp3) is 0.500. The summed E-state index contributed by atoms with van der Waals surface area (Å²) < 4.78 is 11.5. The van der Waals surface area contributed by atoms with Crippen LogP contribution in [0.1, 0.15) is 49.7 Å². The molecular weight excluding hydrogens is 368 g/mol. The first kappa shape index (κ1) is 19.8. The van der Waals surface area contributed by atoms with Gasteiger partial charge in [-0.1, -0.05) is 39.0 Å². The Kier molecular flexibility index (Phi) is 5.27. The Hall–Kier alpha value is -2.51. The van der Waals surface area contributed by atoms with Crippen LogP contribution in [0.2, 0.25) is 0 Å². The van der Waals surface area contributed by atoms with Crippen LogP contribution in [0.5, 0.6) is 0 Å². The third kappa shape index (κ3) is 4.26. The molecule has 0 aliphatic carbocycles. The second-order valence-electron chi connectivity index (χ2n) is 8.61. The number of nitrogens with one attached hydrogen (secondary N) is 1. The molecule has 1 spiro atoms. The molecule has 2 aliphatic rings. The molecular formula is C22H28N4O3. The molecule has 1 aromatic carbocycles. The molecule has 2 fully saturated rings. The van der Waals surface area contributed by atoms with Crippen LogP contribution in [0.25, 0.3) is 0 Å². The van der Waals surface area contributed by atoms with Gasteiger partial charge in [-0.15, -0.1) is 0 Å². The summed E-state index contributed by atoms with van der Waals surface area (Å²) in [6, 6.07) is 9.86. The summed E-state index contributed by atoms with van der Waals surface area (Å²) in [5.41, 5.74) is 2.54. The van der Waals surface area contributed by atoms with Gasteiger partial charge in [0.2, 0.25) is 0 Å². The number of rotatable bonds is 3. The van der Waals surface area contributed by atoms with Crippen molar-refractivity contribution in [3.8, 4) is 0 Å². The minimum atomic E-state index is -0.494. The number of ether oxygens (including phenoxy) is 2. The van der Waals surface area contributed by atoms with Crippen LogP contribution in [0.4, 0.5) is 11.5 Å². The number of amides is 1. The van der Waals surface area contributed by atoms with E-state index in [4.69, 9.17) is 9.47 Å². The molecule has 154 valence electrons. The average molecular weight is 396 g/mol. The van der Waals surface area contributed by atoms with Crippen molar-refractivity contribution in [2.45, 2.75) is 44.8 Å². The second kappa shape index (κ2) is 7.72. The highest BCUT2D eigenvalue weighted by Gasteiger charge is 2.41. The first-order valence-electron chi connectivity index (χ1n) is 10.1. The fourth-order valence-corrected chi connectivity index (χ4v) is 3.92. The van der Waals surface area contributed by atoms with Crippen LogP contribution in [-0.4, -0.2) is 52.9 Å². The van der Waals surface area contributed by atoms with Crippen LogP contribution >= 0.6 is 0 Å². The van der Waals surface area contributed by atoms with E-state index in [9.17, 15) is 4.79 Å². The van der Waals surface area contributed by atoms with Crippen molar-refractivity contribution in [2.75, 3.05) is 31.6 Å². The summed E-state index contributed by atoms with van der Waals surface area (Å²) >= 11 is 0. The summed E-state index contributed by atoms with van der Waals surface area (Å²) in [5, 5.41) is 3.36. The first-order chi connectivity index (χ1) is 13.9. The van der Waals surface area contributed by atoms with E-state index < -0.39 is 5.79 Å². The van der Waals surface area contributed by atoms with Gasteiger partial charge in [0.15, 0.2) is 5.79 Å². The molecule has 7 heteroatoms. The highest BCUT2D eigenvalue weighted by Crippen LogP contribution is 2.32. The van der Waals surface area contributed by atoms with Crippen LogP contribution < -0.4 is 5.32 Å². The number of carbonyl (C=O) groups excluding carboxylic acids is 1. The van der Waals surface area contributed by atoms with Crippen molar-refractivity contribution < 1.29 is 14.3 Å². The molecule has 0 unspecified atom stereocenters. The molecule has 0 bridgehead atoms. The highest BCUT2D eigenvalue weighted by atomic mass is 16.7. The summed E-state index contributed by atoms with van der Waals surface area (Å²) in [5.74, 6) is 0.0228. The number of piperidine rings is 1. The third-order valence-electron chi connectivity index (χ3n) is 5.51. The predicted octanol–water partition coefficient (Wildman–Crippen LogP) is 3.50. The van der Waals surface area contributed by atoms with Crippen LogP contribution in [-0.2, 0) is 14.9 Å². The molecule has 1 N–H and O–H groups in total. The number of hydrogen-bond donors (Lipinski definition) is 1. The molecule has 7 nitrogen and oxygen atoms in total. The number of para-hydroxylation sites is 1. The number of hydrogen-bond acceptors (Lipinski definition) is 6. The molecule has 2 aliphatic heterocycles. The lowest BCUT2D eigenvalue weighted by Gasteiger charge is -2.37. The minimum absolute atomic E-state index is 0.0105. The van der Waals surface area contributed by atoms with Crippen molar-refractivity contribution in [1.82, 2.24) is 14.9 Å². The number of likely N-dealkylation sites (tertiary alicyclic amines) is 1. The number of carbonyl (C=O) groups is 1. The fourth-order valence-electron chi connectivity index (χ4n) is 3.92. The smallest absolute Gasteiger partial charge is 0.272 e. The average Bonchev–Trinajstić information content (AvgIpc) is 3.16. The monoisotopic (exact) mass is 396 g/mol. The Morgan fingerprint density at radius 2 is 1.79 bits per heavy atom. The van der Waals surface area contributed by atoms with Crippen molar-refractivity contribution >= 4 is 17.4 Å². The zero-order valence-electron chi connectivity index (χ0n) is 17.3. The van der Waals surface area contributed by atoms with Crippen molar-refractivity contribution in [1.29, 1.82) is 0 Å². The van der Waals surface area contributed by atoms with Gasteiger partial charge in [-0.2, -0.15) is 0 Å². The maximum Gasteiger partial charge on any atom is 0.272 e. The molecule has 0 saturated carbocycles. The van der Waals surface area contributed by atoms with E-state index >= 15 is 0 Å². The highest BCUT2D eigenvalue weighted by molar-refractivity contribution is 5.93. The van der Waals surface area contributed by atoms with E-state index in [-0.39, 0.29) is 11.3 Å². The van der Waals surface area contributed by atoms with Gasteiger partial charge in [0.05, 0.1) is 13.2 Å². The van der Waals surface area contributed by atoms with Crippen LogP contribution in [0.15, 0.2) is 36.7 Å². The molecule has 0 atom stereocenters. The zero-order chi connectivity index (χ0) is 20.5. The predicted molar refractivity (Wildman–Crippen MR) is 110 cm³/mol. The largest absolute Gasteiger partial charge is 0.347 e. The SMILES string of the molecule is CC(C)(C)c1ccccc1Nc1cc(C(=O)N2CCC3(CC2)OCCO3)ncn1.